The maximum absolute atomic E-state index is 13.5. The zero-order valence-corrected chi connectivity index (χ0v) is 17.4. The van der Waals surface area contributed by atoms with Crippen molar-refractivity contribution in [2.24, 2.45) is 0 Å². The number of nitrogens with zero attached hydrogens (tertiary/aromatic N) is 2. The molecule has 4 nitrogen and oxygen atoms in total. The molecule has 1 aliphatic heterocycles. The van der Waals surface area contributed by atoms with Crippen molar-refractivity contribution in [1.82, 2.24) is 14.9 Å². The van der Waals surface area contributed by atoms with Crippen molar-refractivity contribution in [3.8, 4) is 0 Å². The second-order valence-electron chi connectivity index (χ2n) is 8.04. The van der Waals surface area contributed by atoms with Crippen molar-refractivity contribution in [2.45, 2.75) is 18.8 Å². The van der Waals surface area contributed by atoms with Crippen molar-refractivity contribution < 1.29 is 4.79 Å². The number of piperidine rings is 1. The molecule has 0 bridgehead atoms. The summed E-state index contributed by atoms with van der Waals surface area (Å²) in [6.07, 6.45) is 3.83. The number of amides is 1. The minimum absolute atomic E-state index is 0.0955. The third kappa shape index (κ3) is 4.15. The number of imidazole rings is 1. The summed E-state index contributed by atoms with van der Waals surface area (Å²) in [5.41, 5.74) is 4.82. The van der Waals surface area contributed by atoms with Crippen LogP contribution in [0.2, 0.25) is 0 Å². The number of likely N-dealkylation sites (tertiary alicyclic amines) is 1. The van der Waals surface area contributed by atoms with E-state index in [4.69, 9.17) is 4.98 Å². The molecule has 5 rings (SSSR count). The highest BCUT2D eigenvalue weighted by atomic mass is 16.2. The number of carbonyl (C=O) groups is 1. The Labute approximate surface area is 182 Å². The van der Waals surface area contributed by atoms with E-state index >= 15 is 0 Å². The molecule has 1 aromatic heterocycles. The summed E-state index contributed by atoms with van der Waals surface area (Å²) in [6, 6.07) is 28.1. The zero-order chi connectivity index (χ0) is 21.0. The smallest absolute Gasteiger partial charge is 0.254 e. The number of aromatic nitrogens is 2. The minimum Gasteiger partial charge on any atom is -0.342 e. The van der Waals surface area contributed by atoms with E-state index < -0.39 is 0 Å². The Bertz CT molecular complexity index is 1170. The van der Waals surface area contributed by atoms with E-state index in [0.717, 1.165) is 59.5 Å². The standard InChI is InChI=1S/C27H25N3O/c31-27(23(21-11-5-2-6-12-21)19-20-9-3-1-4-10-20)30-17-15-22(16-18-30)26-28-24-13-7-8-14-25(24)29-26/h1-14,19,22H,15-18H2,(H,28,29)/b23-19-. The van der Waals surface area contributed by atoms with Gasteiger partial charge in [0.1, 0.15) is 5.82 Å². The number of hydrogen-bond acceptors (Lipinski definition) is 2. The van der Waals surface area contributed by atoms with Crippen LogP contribution in [0.25, 0.3) is 22.7 Å². The highest BCUT2D eigenvalue weighted by Crippen LogP contribution is 2.30. The summed E-state index contributed by atoms with van der Waals surface area (Å²) in [6.45, 7) is 1.47. The maximum atomic E-state index is 13.5. The Hall–Kier alpha value is -3.66. The second kappa shape index (κ2) is 8.60. The van der Waals surface area contributed by atoms with Gasteiger partial charge in [-0.1, -0.05) is 72.8 Å². The van der Waals surface area contributed by atoms with Crippen LogP contribution in [0, 0.1) is 0 Å². The molecule has 0 saturated carbocycles. The van der Waals surface area contributed by atoms with Crippen molar-refractivity contribution in [2.75, 3.05) is 13.1 Å². The first-order valence-corrected chi connectivity index (χ1v) is 10.8. The second-order valence-corrected chi connectivity index (χ2v) is 8.04. The molecule has 1 aliphatic rings. The first kappa shape index (κ1) is 19.3. The summed E-state index contributed by atoms with van der Waals surface area (Å²) in [4.78, 5) is 23.7. The van der Waals surface area contributed by atoms with Gasteiger partial charge >= 0.3 is 0 Å². The van der Waals surface area contributed by atoms with E-state index in [0.29, 0.717) is 5.92 Å². The van der Waals surface area contributed by atoms with E-state index in [1.54, 1.807) is 0 Å². The average Bonchev–Trinajstić information content (AvgIpc) is 3.28. The van der Waals surface area contributed by atoms with Crippen LogP contribution in [0.3, 0.4) is 0 Å². The Balaban J connectivity index is 1.35. The monoisotopic (exact) mass is 407 g/mol. The number of aromatic amines is 1. The van der Waals surface area contributed by atoms with Gasteiger partial charge in [-0.15, -0.1) is 0 Å². The molecule has 0 spiro atoms. The lowest BCUT2D eigenvalue weighted by Gasteiger charge is -2.32. The topological polar surface area (TPSA) is 49.0 Å². The number of carbonyl (C=O) groups excluding carboxylic acids is 1. The summed E-state index contributed by atoms with van der Waals surface area (Å²) in [5, 5.41) is 0. The number of nitrogens with one attached hydrogen (secondary N) is 1. The molecule has 31 heavy (non-hydrogen) atoms. The Morgan fingerprint density at radius 1 is 0.871 bits per heavy atom. The molecular weight excluding hydrogens is 382 g/mol. The molecule has 3 aromatic carbocycles. The van der Waals surface area contributed by atoms with E-state index in [9.17, 15) is 4.79 Å². The third-order valence-corrected chi connectivity index (χ3v) is 6.00. The third-order valence-electron chi connectivity index (χ3n) is 6.00. The van der Waals surface area contributed by atoms with Gasteiger partial charge in [0.15, 0.2) is 0 Å². The lowest BCUT2D eigenvalue weighted by atomic mass is 9.94. The van der Waals surface area contributed by atoms with Crippen LogP contribution < -0.4 is 0 Å². The Kier molecular flexibility index (Phi) is 5.36. The highest BCUT2D eigenvalue weighted by Gasteiger charge is 2.27. The number of H-pyrrole nitrogens is 1. The largest absolute Gasteiger partial charge is 0.342 e. The van der Waals surface area contributed by atoms with Gasteiger partial charge in [-0.05, 0) is 42.2 Å². The first-order chi connectivity index (χ1) is 15.3. The van der Waals surface area contributed by atoms with Gasteiger partial charge in [-0.3, -0.25) is 4.79 Å². The molecule has 1 amide bonds. The molecule has 154 valence electrons. The normalized spacial score (nSPS) is 15.4. The van der Waals surface area contributed by atoms with Gasteiger partial charge in [0.2, 0.25) is 0 Å². The van der Waals surface area contributed by atoms with Gasteiger partial charge in [0.05, 0.1) is 11.0 Å². The number of hydrogen-bond donors (Lipinski definition) is 1. The minimum atomic E-state index is 0.0955. The molecule has 0 aliphatic carbocycles. The van der Waals surface area contributed by atoms with Crippen LogP contribution in [-0.2, 0) is 4.79 Å². The fourth-order valence-corrected chi connectivity index (χ4v) is 4.29. The Morgan fingerprint density at radius 2 is 1.52 bits per heavy atom. The van der Waals surface area contributed by atoms with Crippen LogP contribution in [0.5, 0.6) is 0 Å². The van der Waals surface area contributed by atoms with E-state index in [-0.39, 0.29) is 5.91 Å². The summed E-state index contributed by atoms with van der Waals surface area (Å²) >= 11 is 0. The van der Waals surface area contributed by atoms with Gasteiger partial charge in [0.25, 0.3) is 5.91 Å². The van der Waals surface area contributed by atoms with Crippen LogP contribution in [-0.4, -0.2) is 33.9 Å². The predicted octanol–water partition coefficient (Wildman–Crippen LogP) is 5.51. The van der Waals surface area contributed by atoms with Gasteiger partial charge < -0.3 is 9.88 Å². The SMILES string of the molecule is O=C(/C(=C\c1ccccc1)c1ccccc1)N1CCC(c2nc3ccccc3[nH]2)CC1. The summed E-state index contributed by atoms with van der Waals surface area (Å²) in [7, 11) is 0. The maximum Gasteiger partial charge on any atom is 0.254 e. The van der Waals surface area contributed by atoms with Crippen molar-refractivity contribution in [3.05, 3.63) is 102 Å². The van der Waals surface area contributed by atoms with E-state index in [2.05, 4.69) is 11.1 Å². The molecule has 0 radical (unpaired) electrons. The number of rotatable bonds is 4. The van der Waals surface area contributed by atoms with Gasteiger partial charge in [-0.25, -0.2) is 4.98 Å². The zero-order valence-electron chi connectivity index (χ0n) is 17.4. The molecule has 4 heteroatoms. The van der Waals surface area contributed by atoms with Crippen LogP contribution in [0.1, 0.15) is 35.7 Å². The molecule has 4 aromatic rings. The molecule has 1 N–H and O–H groups in total. The summed E-state index contributed by atoms with van der Waals surface area (Å²) in [5.74, 6) is 1.49. The van der Waals surface area contributed by atoms with Crippen LogP contribution >= 0.6 is 0 Å². The van der Waals surface area contributed by atoms with Crippen molar-refractivity contribution >= 4 is 28.6 Å². The lowest BCUT2D eigenvalue weighted by molar-refractivity contribution is -0.126. The molecule has 1 saturated heterocycles. The van der Waals surface area contributed by atoms with Gasteiger partial charge in [0, 0.05) is 24.6 Å². The number of fused-ring (bicyclic) bond motifs is 1. The fourth-order valence-electron chi connectivity index (χ4n) is 4.29. The van der Waals surface area contributed by atoms with Crippen LogP contribution in [0.15, 0.2) is 84.9 Å². The lowest BCUT2D eigenvalue weighted by Crippen LogP contribution is -2.38. The molecule has 0 unspecified atom stereocenters. The number of para-hydroxylation sites is 2. The molecule has 2 heterocycles. The van der Waals surface area contributed by atoms with E-state index in [1.165, 1.54) is 0 Å². The van der Waals surface area contributed by atoms with Crippen molar-refractivity contribution in [3.63, 3.8) is 0 Å². The van der Waals surface area contributed by atoms with Crippen LogP contribution in [0.4, 0.5) is 0 Å². The van der Waals surface area contributed by atoms with Gasteiger partial charge in [-0.2, -0.15) is 0 Å². The molecular formula is C27H25N3O. The first-order valence-electron chi connectivity index (χ1n) is 10.8. The quantitative estimate of drug-likeness (QED) is 0.358. The number of benzene rings is 3. The molecule has 0 atom stereocenters. The highest BCUT2D eigenvalue weighted by molar-refractivity contribution is 6.24. The van der Waals surface area contributed by atoms with Crippen molar-refractivity contribution in [1.29, 1.82) is 0 Å². The van der Waals surface area contributed by atoms with E-state index in [1.807, 2.05) is 89.8 Å². The fraction of sp³-hybridized carbons (Fsp3) is 0.185. The average molecular weight is 408 g/mol. The molecule has 1 fully saturated rings. The predicted molar refractivity (Wildman–Crippen MR) is 125 cm³/mol. The Morgan fingerprint density at radius 3 is 2.23 bits per heavy atom. The summed E-state index contributed by atoms with van der Waals surface area (Å²) < 4.78 is 0.